The van der Waals surface area contributed by atoms with Crippen LogP contribution in [-0.4, -0.2) is 73.6 Å². The van der Waals surface area contributed by atoms with Gasteiger partial charge in [-0.05, 0) is 18.2 Å². The molecule has 1 fully saturated rings. The Hall–Kier alpha value is -3.95. The number of methoxy groups -OCH3 is 2. The van der Waals surface area contributed by atoms with Gasteiger partial charge in [0.2, 0.25) is 12.1 Å². The first-order valence-electron chi connectivity index (χ1n) is 16.4. The summed E-state index contributed by atoms with van der Waals surface area (Å²) in [6, 6.07) is 4.16. The maximum Gasteiger partial charge on any atom is 0.267 e. The normalized spacial score (nSPS) is 29.3. The molecule has 10 heteroatoms. The number of nitrogen functional groups attached to an aromatic ring is 1. The van der Waals surface area contributed by atoms with Gasteiger partial charge in [-0.25, -0.2) is 4.98 Å². The fourth-order valence-corrected chi connectivity index (χ4v) is 3.15. The minimum Gasteiger partial charge on any atom is -0.493 e. The third kappa shape index (κ3) is 3.88. The summed E-state index contributed by atoms with van der Waals surface area (Å²) >= 11 is 0. The van der Waals surface area contributed by atoms with Crippen molar-refractivity contribution >= 4 is 28.6 Å². The quantitative estimate of drug-likeness (QED) is 0.615. The highest BCUT2D eigenvalue weighted by Gasteiger charge is 2.33. The third-order valence-corrected chi connectivity index (χ3v) is 4.75. The Morgan fingerprint density at radius 1 is 1.18 bits per heavy atom. The Morgan fingerprint density at radius 2 is 1.91 bits per heavy atom. The number of benzene rings is 2. The molecule has 2 aliphatic heterocycles. The minimum atomic E-state index is -3.26. The van der Waals surface area contributed by atoms with E-state index in [9.17, 15) is 4.79 Å². The predicted molar refractivity (Wildman–Crippen MR) is 122 cm³/mol. The van der Waals surface area contributed by atoms with Crippen LogP contribution in [0, 0.1) is 0 Å². The summed E-state index contributed by atoms with van der Waals surface area (Å²) in [6.07, 6.45) is -1.94. The SMILES string of the molecule is [2H]c1c(OC([2H])([2H])[2H])c(OC([2H])([2H])[2H])c([2H])c2c(N)nc(N3C([2H])([2H])CN(C(=O)C4Oc5ccccc5OC4([2H])[2H])CC3([2H])[2H])nc12. The molecule has 1 atom stereocenters. The van der Waals surface area contributed by atoms with Crippen LogP contribution in [0.1, 0.15) is 19.2 Å². The van der Waals surface area contributed by atoms with Crippen LogP contribution < -0.4 is 29.6 Å². The lowest BCUT2D eigenvalue weighted by molar-refractivity contribution is -0.141. The van der Waals surface area contributed by atoms with Gasteiger partial charge in [0.15, 0.2) is 23.0 Å². The van der Waals surface area contributed by atoms with Crippen molar-refractivity contribution in [1.29, 1.82) is 0 Å². The van der Waals surface area contributed by atoms with Gasteiger partial charge in [0.25, 0.3) is 5.91 Å². The predicted octanol–water partition coefficient (Wildman–Crippen LogP) is 1.72. The van der Waals surface area contributed by atoms with E-state index in [-0.39, 0.29) is 11.5 Å². The molecule has 2 aliphatic rings. The number of piperazine rings is 1. The van der Waals surface area contributed by atoms with E-state index in [0.717, 1.165) is 0 Å². The van der Waals surface area contributed by atoms with E-state index in [1.54, 1.807) is 12.1 Å². The van der Waals surface area contributed by atoms with E-state index in [2.05, 4.69) is 9.97 Å². The van der Waals surface area contributed by atoms with Crippen molar-refractivity contribution in [2.24, 2.45) is 0 Å². The van der Waals surface area contributed by atoms with Crippen molar-refractivity contribution in [2.45, 2.75) is 6.10 Å². The summed E-state index contributed by atoms with van der Waals surface area (Å²) < 4.78 is 133. The molecule has 1 saturated heterocycles. The number of ether oxygens (including phenoxy) is 4. The number of amides is 1. The second-order valence-corrected chi connectivity index (χ2v) is 6.76. The van der Waals surface area contributed by atoms with E-state index in [0.29, 0.717) is 9.80 Å². The number of nitrogens with zero attached hydrogens (tertiary/aromatic N) is 4. The zero-order valence-corrected chi connectivity index (χ0v) is 16.7. The molecule has 1 amide bonds. The van der Waals surface area contributed by atoms with Crippen LogP contribution in [0.5, 0.6) is 23.0 Å². The van der Waals surface area contributed by atoms with Crippen LogP contribution in [0.25, 0.3) is 10.9 Å². The highest BCUT2D eigenvalue weighted by molar-refractivity contribution is 5.91. The van der Waals surface area contributed by atoms with Crippen LogP contribution in [0.4, 0.5) is 11.8 Å². The summed E-state index contributed by atoms with van der Waals surface area (Å²) in [5.41, 5.74) is 5.43. The first-order valence-corrected chi connectivity index (χ1v) is 9.44. The number of fused-ring (bicyclic) bond motifs is 2. The lowest BCUT2D eigenvalue weighted by atomic mass is 10.2. The van der Waals surface area contributed by atoms with E-state index in [4.69, 9.17) is 43.9 Å². The number of anilines is 2. The Balaban J connectivity index is 1.56. The summed E-state index contributed by atoms with van der Waals surface area (Å²) in [7, 11) is -6.48. The van der Waals surface area contributed by atoms with Gasteiger partial charge in [0.1, 0.15) is 12.4 Å². The minimum absolute atomic E-state index is 0.0252. The number of hydrogen-bond acceptors (Lipinski definition) is 9. The average Bonchev–Trinajstić information content (AvgIpc) is 2.89. The summed E-state index contributed by atoms with van der Waals surface area (Å²) in [5, 5.41) is -0.497. The Kier molecular flexibility index (Phi) is 2.67. The van der Waals surface area contributed by atoms with E-state index >= 15 is 0 Å². The fraction of sp³-hybridized carbons (Fsp3) is 0.348. The number of hydrogen-bond donors (Lipinski definition) is 1. The first-order chi connectivity index (χ1) is 21.4. The van der Waals surface area contributed by atoms with Gasteiger partial charge in [-0.2, -0.15) is 4.98 Å². The molecule has 0 radical (unpaired) electrons. The van der Waals surface area contributed by atoms with Crippen LogP contribution >= 0.6 is 0 Å². The highest BCUT2D eigenvalue weighted by Crippen LogP contribution is 2.34. The number of nitrogens with two attached hydrogens (primary N) is 1. The van der Waals surface area contributed by atoms with Crippen LogP contribution in [-0.2, 0) is 4.79 Å². The molecule has 0 spiro atoms. The second-order valence-electron chi connectivity index (χ2n) is 6.76. The highest BCUT2D eigenvalue weighted by atomic mass is 16.6. The zero-order chi connectivity index (χ0) is 35.1. The molecule has 0 saturated carbocycles. The summed E-state index contributed by atoms with van der Waals surface area (Å²) in [5.74, 6) is -4.49. The topological polar surface area (TPSA) is 112 Å². The Bertz CT molecular complexity index is 1730. The largest absolute Gasteiger partial charge is 0.493 e. The molecule has 1 aromatic heterocycles. The van der Waals surface area contributed by atoms with Gasteiger partial charge in [0, 0.05) is 37.5 Å². The van der Waals surface area contributed by atoms with Crippen molar-refractivity contribution in [3.05, 3.63) is 36.4 Å². The molecule has 33 heavy (non-hydrogen) atoms. The van der Waals surface area contributed by atoms with Crippen LogP contribution in [0.3, 0.4) is 0 Å². The van der Waals surface area contributed by atoms with Crippen molar-refractivity contribution in [3.63, 3.8) is 0 Å². The van der Waals surface area contributed by atoms with Gasteiger partial charge in [0.05, 0.1) is 38.8 Å². The third-order valence-electron chi connectivity index (χ3n) is 4.75. The Morgan fingerprint density at radius 3 is 2.67 bits per heavy atom. The van der Waals surface area contributed by atoms with E-state index in [1.807, 2.05) is 0 Å². The Labute approximate surface area is 210 Å². The monoisotopic (exact) mass is 465 g/mol. The van der Waals surface area contributed by atoms with Crippen LogP contribution in [0.2, 0.25) is 0 Å². The molecule has 3 aromatic rings. The second kappa shape index (κ2) is 8.53. The number of aromatic nitrogens is 2. The molecule has 1 unspecified atom stereocenters. The number of carbonyl (C=O) groups excluding carboxylic acids is 1. The van der Waals surface area contributed by atoms with Gasteiger partial charge >= 0.3 is 0 Å². The van der Waals surface area contributed by atoms with Crippen molar-refractivity contribution in [2.75, 3.05) is 57.4 Å². The van der Waals surface area contributed by atoms with Crippen molar-refractivity contribution in [1.82, 2.24) is 14.9 Å². The van der Waals surface area contributed by atoms with E-state index < -0.39 is 105 Å². The number of para-hydroxylation sites is 2. The molecule has 3 heterocycles. The molecule has 2 aromatic carbocycles. The van der Waals surface area contributed by atoms with Gasteiger partial charge in [-0.15, -0.1) is 0 Å². The molecular formula is C23H25N5O5. The zero-order valence-electron chi connectivity index (χ0n) is 30.7. The molecule has 172 valence electrons. The molecule has 0 bridgehead atoms. The molecule has 2 N–H and O–H groups in total. The van der Waals surface area contributed by atoms with Gasteiger partial charge in [-0.1, -0.05) is 12.1 Å². The standard InChI is InChI=1S/C23H25N5O5/c1-30-18-11-14-15(12-19(18)31-2)25-23(26-21(14)24)28-9-7-27(8-10-28)22(29)20-13-32-16-5-3-4-6-17(16)33-20/h3-6,11-12,20H,7-10,13H2,1-2H3,(H2,24,25,26)/i1D3,2D3,9D2,10D2,11D,12D,13D2. The lowest BCUT2D eigenvalue weighted by Gasteiger charge is -2.37. The lowest BCUT2D eigenvalue weighted by Crippen LogP contribution is -2.54. The maximum atomic E-state index is 13.5. The van der Waals surface area contributed by atoms with Crippen molar-refractivity contribution < 1.29 is 42.9 Å². The molecule has 0 aliphatic carbocycles. The summed E-state index contributed by atoms with van der Waals surface area (Å²) in [6.45, 7) is -10.1. The number of rotatable bonds is 4. The first kappa shape index (κ1) is 10.3. The molecular weight excluding hydrogens is 426 g/mol. The summed E-state index contributed by atoms with van der Waals surface area (Å²) in [4.78, 5) is 22.6. The van der Waals surface area contributed by atoms with E-state index in [1.165, 1.54) is 12.1 Å². The van der Waals surface area contributed by atoms with Crippen LogP contribution in [0.15, 0.2) is 36.4 Å². The number of carbonyl (C=O) groups is 1. The molecule has 5 rings (SSSR count). The fourth-order valence-electron chi connectivity index (χ4n) is 3.15. The smallest absolute Gasteiger partial charge is 0.267 e. The van der Waals surface area contributed by atoms with Gasteiger partial charge in [-0.3, -0.25) is 4.79 Å². The van der Waals surface area contributed by atoms with Gasteiger partial charge < -0.3 is 34.5 Å². The molecule has 10 nitrogen and oxygen atoms in total. The maximum absolute atomic E-state index is 13.5. The average molecular weight is 466 g/mol. The van der Waals surface area contributed by atoms with Crippen molar-refractivity contribution in [3.8, 4) is 23.0 Å².